The molecule has 12 heavy (non-hydrogen) atoms. The quantitative estimate of drug-likeness (QED) is 0.509. The highest BCUT2D eigenvalue weighted by Crippen LogP contribution is 2.49. The van der Waals surface area contributed by atoms with Gasteiger partial charge in [0.05, 0.1) is 0 Å². The number of rotatable bonds is 3. The molecule has 0 aromatic heterocycles. The standard InChI is InChI=1S/C10H17NO/c1-9(5-6-11)3-4-10(2,7-9)8-12/h6,8,11H,3-5,7H2,1-2H3. The van der Waals surface area contributed by atoms with E-state index in [1.807, 2.05) is 6.92 Å². The highest BCUT2D eigenvalue weighted by Gasteiger charge is 2.41. The van der Waals surface area contributed by atoms with Crippen molar-refractivity contribution in [3.63, 3.8) is 0 Å². The molecule has 1 fully saturated rings. The molecule has 0 radical (unpaired) electrons. The third kappa shape index (κ3) is 1.74. The first-order valence-electron chi connectivity index (χ1n) is 4.49. The second-order valence-corrected chi connectivity index (χ2v) is 4.67. The molecule has 1 rings (SSSR count). The van der Waals surface area contributed by atoms with E-state index < -0.39 is 0 Å². The lowest BCUT2D eigenvalue weighted by Crippen LogP contribution is -2.18. The van der Waals surface area contributed by atoms with Crippen LogP contribution in [0, 0.1) is 16.2 Å². The van der Waals surface area contributed by atoms with E-state index >= 15 is 0 Å². The fourth-order valence-electron chi connectivity index (χ4n) is 2.26. The Morgan fingerprint density at radius 3 is 2.50 bits per heavy atom. The van der Waals surface area contributed by atoms with E-state index in [0.29, 0.717) is 0 Å². The first kappa shape index (κ1) is 9.43. The van der Waals surface area contributed by atoms with E-state index in [2.05, 4.69) is 6.92 Å². The van der Waals surface area contributed by atoms with Crippen molar-refractivity contribution in [2.45, 2.75) is 39.5 Å². The zero-order valence-electron chi connectivity index (χ0n) is 7.89. The van der Waals surface area contributed by atoms with Gasteiger partial charge in [-0.25, -0.2) is 0 Å². The number of hydrogen-bond acceptors (Lipinski definition) is 2. The van der Waals surface area contributed by atoms with Crippen molar-refractivity contribution in [1.82, 2.24) is 0 Å². The number of hydrogen-bond donors (Lipinski definition) is 1. The molecule has 2 unspecified atom stereocenters. The molecular weight excluding hydrogens is 150 g/mol. The Kier molecular flexibility index (Phi) is 2.36. The Morgan fingerprint density at radius 1 is 1.42 bits per heavy atom. The molecule has 0 aliphatic heterocycles. The molecule has 1 aliphatic carbocycles. The van der Waals surface area contributed by atoms with Crippen LogP contribution in [0.2, 0.25) is 0 Å². The predicted octanol–water partition coefficient (Wildman–Crippen LogP) is 2.42. The first-order chi connectivity index (χ1) is 5.54. The van der Waals surface area contributed by atoms with Gasteiger partial charge in [-0.1, -0.05) is 13.8 Å². The minimum atomic E-state index is -0.113. The van der Waals surface area contributed by atoms with Crippen LogP contribution in [0.15, 0.2) is 0 Å². The van der Waals surface area contributed by atoms with Crippen molar-refractivity contribution >= 4 is 12.5 Å². The maximum atomic E-state index is 10.8. The van der Waals surface area contributed by atoms with Gasteiger partial charge in [0.25, 0.3) is 0 Å². The molecular formula is C10H17NO. The second kappa shape index (κ2) is 3.00. The molecule has 0 spiro atoms. The average Bonchev–Trinajstić information content (AvgIpc) is 2.30. The van der Waals surface area contributed by atoms with Gasteiger partial charge in [-0.05, 0) is 37.3 Å². The summed E-state index contributed by atoms with van der Waals surface area (Å²) in [5.41, 5.74) is 0.0924. The molecule has 0 bridgehead atoms. The fraction of sp³-hybridized carbons (Fsp3) is 0.800. The molecule has 0 aromatic rings. The van der Waals surface area contributed by atoms with Gasteiger partial charge in [0.15, 0.2) is 0 Å². The van der Waals surface area contributed by atoms with Gasteiger partial charge in [-0.3, -0.25) is 0 Å². The molecule has 0 amide bonds. The normalized spacial score (nSPS) is 41.2. The van der Waals surface area contributed by atoms with Gasteiger partial charge in [0, 0.05) is 5.41 Å². The third-order valence-corrected chi connectivity index (χ3v) is 3.01. The van der Waals surface area contributed by atoms with E-state index in [4.69, 9.17) is 5.41 Å². The van der Waals surface area contributed by atoms with Gasteiger partial charge in [-0.2, -0.15) is 0 Å². The largest absolute Gasteiger partial charge is 0.313 e. The van der Waals surface area contributed by atoms with Crippen LogP contribution in [0.3, 0.4) is 0 Å². The summed E-state index contributed by atoms with van der Waals surface area (Å²) in [6.07, 6.45) is 6.38. The summed E-state index contributed by atoms with van der Waals surface area (Å²) < 4.78 is 0. The first-order valence-corrected chi connectivity index (χ1v) is 4.49. The topological polar surface area (TPSA) is 40.9 Å². The number of carbonyl (C=O) groups excluding carboxylic acids is 1. The van der Waals surface area contributed by atoms with E-state index in [0.717, 1.165) is 32.0 Å². The number of aldehydes is 1. The van der Waals surface area contributed by atoms with Crippen molar-refractivity contribution in [2.24, 2.45) is 10.8 Å². The maximum absolute atomic E-state index is 10.8. The number of nitrogens with one attached hydrogen (secondary N) is 1. The van der Waals surface area contributed by atoms with Crippen LogP contribution in [0.5, 0.6) is 0 Å². The average molecular weight is 167 g/mol. The van der Waals surface area contributed by atoms with Crippen molar-refractivity contribution in [3.8, 4) is 0 Å². The summed E-state index contributed by atoms with van der Waals surface area (Å²) in [6, 6.07) is 0. The summed E-state index contributed by atoms with van der Waals surface area (Å²) >= 11 is 0. The van der Waals surface area contributed by atoms with Gasteiger partial charge in [0.1, 0.15) is 6.29 Å². The van der Waals surface area contributed by atoms with Crippen molar-refractivity contribution in [2.75, 3.05) is 0 Å². The monoisotopic (exact) mass is 167 g/mol. The zero-order chi connectivity index (χ0) is 9.24. The Hall–Kier alpha value is -0.660. The van der Waals surface area contributed by atoms with Crippen LogP contribution in [0.1, 0.15) is 39.5 Å². The number of carbonyl (C=O) groups is 1. The van der Waals surface area contributed by atoms with Gasteiger partial charge in [-0.15, -0.1) is 0 Å². The molecule has 1 N–H and O–H groups in total. The smallest absolute Gasteiger partial charge is 0.125 e. The highest BCUT2D eigenvalue weighted by molar-refractivity contribution is 5.60. The minimum Gasteiger partial charge on any atom is -0.313 e. The molecule has 2 atom stereocenters. The van der Waals surface area contributed by atoms with Crippen molar-refractivity contribution < 1.29 is 4.79 Å². The van der Waals surface area contributed by atoms with Crippen LogP contribution in [0.4, 0.5) is 0 Å². The third-order valence-electron chi connectivity index (χ3n) is 3.01. The Balaban J connectivity index is 2.65. The molecule has 2 nitrogen and oxygen atoms in total. The van der Waals surface area contributed by atoms with E-state index in [9.17, 15) is 4.79 Å². The Labute approximate surface area is 73.9 Å². The summed E-state index contributed by atoms with van der Waals surface area (Å²) in [4.78, 5) is 10.8. The van der Waals surface area contributed by atoms with Gasteiger partial charge in [0.2, 0.25) is 0 Å². The highest BCUT2D eigenvalue weighted by atomic mass is 16.1. The maximum Gasteiger partial charge on any atom is 0.125 e. The Bertz CT molecular complexity index is 202. The molecule has 1 aliphatic rings. The summed E-state index contributed by atoms with van der Waals surface area (Å²) in [6.45, 7) is 4.20. The molecule has 68 valence electrons. The van der Waals surface area contributed by atoms with Gasteiger partial charge >= 0.3 is 0 Å². The van der Waals surface area contributed by atoms with E-state index in [1.54, 1.807) is 0 Å². The molecule has 1 saturated carbocycles. The zero-order valence-corrected chi connectivity index (χ0v) is 7.89. The minimum absolute atomic E-state index is 0.113. The van der Waals surface area contributed by atoms with Crippen LogP contribution in [-0.4, -0.2) is 12.5 Å². The molecule has 0 saturated heterocycles. The second-order valence-electron chi connectivity index (χ2n) is 4.67. The van der Waals surface area contributed by atoms with E-state index in [-0.39, 0.29) is 10.8 Å². The van der Waals surface area contributed by atoms with Crippen molar-refractivity contribution in [1.29, 1.82) is 5.41 Å². The lowest BCUT2D eigenvalue weighted by molar-refractivity contribution is -0.115. The SMILES string of the molecule is CC1(C=O)CCC(C)(CC=N)C1. The fourth-order valence-corrected chi connectivity index (χ4v) is 2.26. The molecule has 0 aromatic carbocycles. The lowest BCUT2D eigenvalue weighted by atomic mass is 9.81. The van der Waals surface area contributed by atoms with Crippen LogP contribution in [-0.2, 0) is 4.79 Å². The summed E-state index contributed by atoms with van der Waals surface area (Å²) in [5, 5.41) is 7.07. The summed E-state index contributed by atoms with van der Waals surface area (Å²) in [7, 11) is 0. The lowest BCUT2D eigenvalue weighted by Gasteiger charge is -2.23. The van der Waals surface area contributed by atoms with Gasteiger partial charge < -0.3 is 10.2 Å². The summed E-state index contributed by atoms with van der Waals surface area (Å²) in [5.74, 6) is 0. The van der Waals surface area contributed by atoms with Crippen LogP contribution in [0.25, 0.3) is 0 Å². The van der Waals surface area contributed by atoms with Crippen LogP contribution >= 0.6 is 0 Å². The molecule has 2 heteroatoms. The molecule has 0 heterocycles. The Morgan fingerprint density at radius 2 is 2.08 bits per heavy atom. The predicted molar refractivity (Wildman–Crippen MR) is 49.5 cm³/mol. The van der Waals surface area contributed by atoms with E-state index in [1.165, 1.54) is 6.21 Å². The van der Waals surface area contributed by atoms with Crippen LogP contribution < -0.4 is 0 Å². The van der Waals surface area contributed by atoms with Crippen molar-refractivity contribution in [3.05, 3.63) is 0 Å².